The summed E-state index contributed by atoms with van der Waals surface area (Å²) in [6.45, 7) is 7.19. The van der Waals surface area contributed by atoms with E-state index in [9.17, 15) is 4.79 Å². The lowest BCUT2D eigenvalue weighted by Crippen LogP contribution is -2.11. The van der Waals surface area contributed by atoms with E-state index in [-0.39, 0.29) is 5.91 Å². The second-order valence-electron chi connectivity index (χ2n) is 5.00. The van der Waals surface area contributed by atoms with Crippen molar-refractivity contribution in [1.82, 2.24) is 4.98 Å². The van der Waals surface area contributed by atoms with Crippen molar-refractivity contribution in [2.24, 2.45) is 10.7 Å². The van der Waals surface area contributed by atoms with Crippen molar-refractivity contribution in [3.05, 3.63) is 63.5 Å². The van der Waals surface area contributed by atoms with Gasteiger partial charge in [-0.15, -0.1) is 0 Å². The molecule has 0 fully saturated rings. The van der Waals surface area contributed by atoms with E-state index in [1.54, 1.807) is 18.2 Å². The number of rotatable bonds is 6. The molecule has 0 bridgehead atoms. The fourth-order valence-electron chi connectivity index (χ4n) is 1.97. The fraction of sp³-hybridized carbons (Fsp3) is 0.118. The number of amides is 1. The van der Waals surface area contributed by atoms with Gasteiger partial charge in [0.1, 0.15) is 4.88 Å². The first-order valence-corrected chi connectivity index (χ1v) is 8.54. The van der Waals surface area contributed by atoms with E-state index in [1.807, 2.05) is 26.0 Å². The van der Waals surface area contributed by atoms with Crippen LogP contribution in [0.3, 0.4) is 0 Å². The Morgan fingerprint density at radius 1 is 1.44 bits per heavy atom. The number of nitrogens with two attached hydrogens (primary N) is 1. The molecule has 0 aliphatic rings. The number of halogens is 1. The zero-order valence-corrected chi connectivity index (χ0v) is 15.4. The van der Waals surface area contributed by atoms with Gasteiger partial charge in [-0.25, -0.2) is 9.98 Å². The summed E-state index contributed by atoms with van der Waals surface area (Å²) >= 11 is 7.31. The molecule has 0 aliphatic carbocycles. The quantitative estimate of drug-likeness (QED) is 0.521. The lowest BCUT2D eigenvalue weighted by Gasteiger charge is -2.08. The minimum atomic E-state index is -0.291. The summed E-state index contributed by atoms with van der Waals surface area (Å²) in [7, 11) is 0. The van der Waals surface area contributed by atoms with Gasteiger partial charge < -0.3 is 16.4 Å². The molecule has 1 aromatic heterocycles. The van der Waals surface area contributed by atoms with Gasteiger partial charge >= 0.3 is 0 Å². The molecule has 130 valence electrons. The molecule has 0 unspecified atom stereocenters. The van der Waals surface area contributed by atoms with Gasteiger partial charge in [0.2, 0.25) is 0 Å². The lowest BCUT2D eigenvalue weighted by molar-refractivity contribution is 0.103. The van der Waals surface area contributed by atoms with Crippen LogP contribution in [0, 0.1) is 6.92 Å². The maximum Gasteiger partial charge on any atom is 0.267 e. The van der Waals surface area contributed by atoms with Gasteiger partial charge in [0.15, 0.2) is 11.0 Å². The largest absolute Gasteiger partial charge is 0.396 e. The van der Waals surface area contributed by atoms with Crippen molar-refractivity contribution in [3.8, 4) is 0 Å². The van der Waals surface area contributed by atoms with Crippen LogP contribution in [0.25, 0.3) is 0 Å². The Morgan fingerprint density at radius 2 is 2.20 bits per heavy atom. The number of thiazole rings is 1. The van der Waals surface area contributed by atoms with Crippen molar-refractivity contribution < 1.29 is 4.79 Å². The Kier molecular flexibility index (Phi) is 6.32. The second-order valence-corrected chi connectivity index (χ2v) is 6.44. The summed E-state index contributed by atoms with van der Waals surface area (Å²) in [6.07, 6.45) is 4.95. The number of aryl methyl sites for hydroxylation is 1. The third kappa shape index (κ3) is 4.68. The van der Waals surface area contributed by atoms with Gasteiger partial charge in [-0.2, -0.15) is 0 Å². The Balaban J connectivity index is 2.17. The SMILES string of the molecule is C=N/C(Nc1ncc(C(=O)Nc2c(C)cccc2Cl)s1)=C(N)\C=C/C. The van der Waals surface area contributed by atoms with Crippen LogP contribution in [0.15, 0.2) is 53.1 Å². The maximum absolute atomic E-state index is 12.4. The highest BCUT2D eigenvalue weighted by molar-refractivity contribution is 7.17. The molecule has 8 heteroatoms. The van der Waals surface area contributed by atoms with Gasteiger partial charge in [0, 0.05) is 0 Å². The number of nitrogens with one attached hydrogen (secondary N) is 2. The summed E-state index contributed by atoms with van der Waals surface area (Å²) < 4.78 is 0. The highest BCUT2D eigenvalue weighted by Gasteiger charge is 2.14. The molecule has 6 nitrogen and oxygen atoms in total. The zero-order valence-electron chi connectivity index (χ0n) is 13.8. The molecule has 0 saturated carbocycles. The first-order valence-electron chi connectivity index (χ1n) is 7.34. The molecule has 2 rings (SSSR count). The van der Waals surface area contributed by atoms with E-state index < -0.39 is 0 Å². The second kappa shape index (κ2) is 8.46. The van der Waals surface area contributed by atoms with Crippen LogP contribution >= 0.6 is 22.9 Å². The summed E-state index contributed by atoms with van der Waals surface area (Å²) in [4.78, 5) is 20.8. The zero-order chi connectivity index (χ0) is 18.4. The molecule has 0 aliphatic heterocycles. The number of carbonyl (C=O) groups is 1. The average molecular weight is 376 g/mol. The van der Waals surface area contributed by atoms with Crippen molar-refractivity contribution in [2.75, 3.05) is 10.6 Å². The third-order valence-electron chi connectivity index (χ3n) is 3.19. The van der Waals surface area contributed by atoms with Crippen LogP contribution in [0.4, 0.5) is 10.8 Å². The molecule has 0 radical (unpaired) electrons. The number of aromatic nitrogens is 1. The van der Waals surface area contributed by atoms with E-state index in [0.717, 1.165) is 5.56 Å². The molecule has 0 saturated heterocycles. The Bertz CT molecular complexity index is 836. The van der Waals surface area contributed by atoms with Gasteiger partial charge in [-0.1, -0.05) is 41.1 Å². The number of allylic oxidation sites excluding steroid dienone is 2. The molecule has 1 aromatic carbocycles. The molecule has 2 aromatic rings. The molecule has 25 heavy (non-hydrogen) atoms. The normalized spacial score (nSPS) is 12.0. The summed E-state index contributed by atoms with van der Waals surface area (Å²) in [6, 6.07) is 5.42. The number of benzene rings is 1. The Hall–Kier alpha value is -2.64. The monoisotopic (exact) mass is 375 g/mol. The van der Waals surface area contributed by atoms with Crippen molar-refractivity contribution in [1.29, 1.82) is 0 Å². The predicted octanol–water partition coefficient (Wildman–Crippen LogP) is 4.17. The first-order chi connectivity index (χ1) is 12.0. The van der Waals surface area contributed by atoms with Gasteiger partial charge in [-0.05, 0) is 38.3 Å². The number of hydrogen-bond donors (Lipinski definition) is 3. The number of nitrogens with zero attached hydrogens (tertiary/aromatic N) is 2. The fourth-order valence-corrected chi connectivity index (χ4v) is 2.94. The molecular weight excluding hydrogens is 358 g/mol. The molecule has 1 amide bonds. The summed E-state index contributed by atoms with van der Waals surface area (Å²) in [5, 5.41) is 6.72. The van der Waals surface area contributed by atoms with Crippen LogP contribution in [0.5, 0.6) is 0 Å². The van der Waals surface area contributed by atoms with Gasteiger partial charge in [0.05, 0.1) is 22.6 Å². The molecule has 1 heterocycles. The molecule has 4 N–H and O–H groups in total. The average Bonchev–Trinajstić information content (AvgIpc) is 3.05. The first kappa shape index (κ1) is 18.7. The number of anilines is 2. The molecule has 0 atom stereocenters. The Morgan fingerprint density at radius 3 is 2.84 bits per heavy atom. The van der Waals surface area contributed by atoms with Crippen molar-refractivity contribution >= 4 is 46.4 Å². The minimum absolute atomic E-state index is 0.291. The number of aliphatic imine (C=N–C) groups is 1. The van der Waals surface area contributed by atoms with Crippen LogP contribution in [0.1, 0.15) is 22.2 Å². The van der Waals surface area contributed by atoms with Crippen molar-refractivity contribution in [2.45, 2.75) is 13.8 Å². The molecular formula is C17H18ClN5OS. The summed E-state index contributed by atoms with van der Waals surface area (Å²) in [5.41, 5.74) is 7.75. The lowest BCUT2D eigenvalue weighted by atomic mass is 10.2. The van der Waals surface area contributed by atoms with E-state index in [2.05, 4.69) is 27.3 Å². The predicted molar refractivity (Wildman–Crippen MR) is 105 cm³/mol. The van der Waals surface area contributed by atoms with Crippen LogP contribution in [-0.4, -0.2) is 17.6 Å². The van der Waals surface area contributed by atoms with E-state index in [1.165, 1.54) is 17.5 Å². The van der Waals surface area contributed by atoms with Gasteiger partial charge in [0.25, 0.3) is 5.91 Å². The summed E-state index contributed by atoms with van der Waals surface area (Å²) in [5.74, 6) is 0.0848. The smallest absolute Gasteiger partial charge is 0.267 e. The highest BCUT2D eigenvalue weighted by Crippen LogP contribution is 2.27. The number of hydrogen-bond acceptors (Lipinski definition) is 6. The maximum atomic E-state index is 12.4. The van der Waals surface area contributed by atoms with Crippen molar-refractivity contribution in [3.63, 3.8) is 0 Å². The van der Waals surface area contributed by atoms with E-state index in [0.29, 0.717) is 32.2 Å². The molecule has 0 spiro atoms. The van der Waals surface area contributed by atoms with Crippen LogP contribution in [-0.2, 0) is 0 Å². The van der Waals surface area contributed by atoms with E-state index >= 15 is 0 Å². The minimum Gasteiger partial charge on any atom is -0.396 e. The van der Waals surface area contributed by atoms with E-state index in [4.69, 9.17) is 17.3 Å². The van der Waals surface area contributed by atoms with Crippen LogP contribution in [0.2, 0.25) is 5.02 Å². The van der Waals surface area contributed by atoms with Gasteiger partial charge in [-0.3, -0.25) is 4.79 Å². The highest BCUT2D eigenvalue weighted by atomic mass is 35.5. The Labute approximate surface area is 155 Å². The third-order valence-corrected chi connectivity index (χ3v) is 4.42. The van der Waals surface area contributed by atoms with Crippen LogP contribution < -0.4 is 16.4 Å². The standard InChI is InChI=1S/C17H18ClN5OS/c1-4-6-12(19)15(20-3)23-17-21-9-13(25-17)16(24)22-14-10(2)7-5-8-11(14)18/h4-9H,3,19H2,1-2H3,(H,21,23)(H,22,24)/b6-4-,15-12-. The number of carbonyl (C=O) groups excluding carboxylic acids is 1. The topological polar surface area (TPSA) is 92.4 Å². The number of para-hydroxylation sites is 1.